The molecule has 128 valence electrons. The van der Waals surface area contributed by atoms with Crippen LogP contribution in [0.2, 0.25) is 0 Å². The second kappa shape index (κ2) is 7.11. The Bertz CT molecular complexity index is 729. The van der Waals surface area contributed by atoms with Gasteiger partial charge >= 0.3 is 0 Å². The predicted octanol–water partition coefficient (Wildman–Crippen LogP) is 3.48. The number of hydrogen-bond acceptors (Lipinski definition) is 2. The normalized spacial score (nSPS) is 18.0. The zero-order chi connectivity index (χ0) is 17.1. The maximum atomic E-state index is 13.7. The first kappa shape index (κ1) is 16.6. The number of nitrogens with zero attached hydrogens (tertiary/aromatic N) is 2. The first-order chi connectivity index (χ1) is 11.5. The maximum Gasteiger partial charge on any atom is 0.274 e. The van der Waals surface area contributed by atoms with Crippen molar-refractivity contribution in [1.29, 1.82) is 0 Å². The second-order valence-corrected chi connectivity index (χ2v) is 6.41. The number of aromatic nitrogens is 2. The number of aryl methyl sites for hydroxylation is 2. The van der Waals surface area contributed by atoms with E-state index in [0.29, 0.717) is 30.1 Å². The van der Waals surface area contributed by atoms with E-state index in [0.717, 1.165) is 37.6 Å². The molecular weight excluding hydrogens is 312 g/mol. The molecule has 0 radical (unpaired) electrons. The molecule has 1 N–H and O–H groups in total. The van der Waals surface area contributed by atoms with Crippen molar-refractivity contribution in [3.05, 3.63) is 53.1 Å². The predicted molar refractivity (Wildman–Crippen MR) is 86.6 cm³/mol. The Morgan fingerprint density at radius 3 is 2.96 bits per heavy atom. The summed E-state index contributed by atoms with van der Waals surface area (Å²) in [4.78, 5) is 21.4. The van der Waals surface area contributed by atoms with E-state index in [4.69, 9.17) is 0 Å². The van der Waals surface area contributed by atoms with Crippen LogP contribution in [-0.2, 0) is 6.42 Å². The molecule has 1 aliphatic rings. The van der Waals surface area contributed by atoms with E-state index in [1.165, 1.54) is 18.5 Å². The molecule has 4 nitrogen and oxygen atoms in total. The number of H-pyrrole nitrogens is 1. The molecule has 3 rings (SSSR count). The van der Waals surface area contributed by atoms with Gasteiger partial charge in [-0.2, -0.15) is 0 Å². The van der Waals surface area contributed by atoms with Crippen molar-refractivity contribution in [3.63, 3.8) is 0 Å². The lowest BCUT2D eigenvalue weighted by atomic mass is 9.91. The molecule has 2 heterocycles. The lowest BCUT2D eigenvalue weighted by molar-refractivity contribution is 0.0662. The van der Waals surface area contributed by atoms with Gasteiger partial charge in [0.15, 0.2) is 0 Å². The Hall–Kier alpha value is -2.24. The lowest BCUT2D eigenvalue weighted by Gasteiger charge is -2.32. The van der Waals surface area contributed by atoms with Crippen LogP contribution in [0.3, 0.4) is 0 Å². The molecule has 1 atom stereocenters. The van der Waals surface area contributed by atoms with E-state index in [-0.39, 0.29) is 5.91 Å². The molecule has 2 aromatic rings. The summed E-state index contributed by atoms with van der Waals surface area (Å²) in [6.45, 7) is 3.22. The maximum absolute atomic E-state index is 13.7. The average Bonchev–Trinajstić information content (AvgIpc) is 3.00. The number of likely N-dealkylation sites (tertiary alicyclic amines) is 1. The first-order valence-corrected chi connectivity index (χ1v) is 8.27. The summed E-state index contributed by atoms with van der Waals surface area (Å²) in [5.74, 6) is -0.774. The Morgan fingerprint density at radius 1 is 1.42 bits per heavy atom. The van der Waals surface area contributed by atoms with E-state index in [1.807, 2.05) is 11.8 Å². The molecule has 1 amide bonds. The molecule has 1 unspecified atom stereocenters. The van der Waals surface area contributed by atoms with Gasteiger partial charge in [-0.25, -0.2) is 13.8 Å². The molecule has 1 aliphatic heterocycles. The molecule has 0 saturated carbocycles. The Labute approximate surface area is 139 Å². The van der Waals surface area contributed by atoms with Crippen LogP contribution in [-0.4, -0.2) is 33.9 Å². The zero-order valence-electron chi connectivity index (χ0n) is 13.7. The van der Waals surface area contributed by atoms with Gasteiger partial charge in [-0.05, 0) is 50.2 Å². The van der Waals surface area contributed by atoms with Crippen molar-refractivity contribution in [3.8, 4) is 0 Å². The highest BCUT2D eigenvalue weighted by Crippen LogP contribution is 2.24. The monoisotopic (exact) mass is 333 g/mol. The highest BCUT2D eigenvalue weighted by Gasteiger charge is 2.26. The molecule has 1 aromatic carbocycles. The summed E-state index contributed by atoms with van der Waals surface area (Å²) in [5, 5.41) is 0. The van der Waals surface area contributed by atoms with Gasteiger partial charge < -0.3 is 9.88 Å². The summed E-state index contributed by atoms with van der Waals surface area (Å²) >= 11 is 0. The van der Waals surface area contributed by atoms with Crippen LogP contribution in [0.25, 0.3) is 0 Å². The van der Waals surface area contributed by atoms with Crippen LogP contribution < -0.4 is 0 Å². The van der Waals surface area contributed by atoms with Crippen molar-refractivity contribution in [2.75, 3.05) is 13.1 Å². The van der Waals surface area contributed by atoms with Crippen LogP contribution in [0.1, 0.15) is 41.0 Å². The Morgan fingerprint density at radius 2 is 2.25 bits per heavy atom. The number of hydrogen-bond donors (Lipinski definition) is 1. The highest BCUT2D eigenvalue weighted by molar-refractivity contribution is 5.93. The number of benzene rings is 1. The number of rotatable bonds is 4. The molecule has 1 fully saturated rings. The molecule has 1 saturated heterocycles. The van der Waals surface area contributed by atoms with E-state index in [9.17, 15) is 13.6 Å². The highest BCUT2D eigenvalue weighted by atomic mass is 19.1. The molecular formula is C18H21F2N3O. The third-order valence-corrected chi connectivity index (χ3v) is 4.68. The number of carbonyl (C=O) groups is 1. The van der Waals surface area contributed by atoms with Crippen LogP contribution >= 0.6 is 0 Å². The van der Waals surface area contributed by atoms with Gasteiger partial charge in [0.1, 0.15) is 17.3 Å². The standard InChI is InChI=1S/C18H21F2N3O/c1-12-17(22-11-21-12)18(24)23-8-2-3-13(10-23)4-5-14-6-7-15(19)9-16(14)20/h6-7,9,11,13H,2-5,8,10H2,1H3,(H,21,22). The minimum absolute atomic E-state index is 0.0496. The van der Waals surface area contributed by atoms with Crippen LogP contribution in [0.5, 0.6) is 0 Å². The van der Waals surface area contributed by atoms with Crippen molar-refractivity contribution in [1.82, 2.24) is 14.9 Å². The van der Waals surface area contributed by atoms with E-state index in [1.54, 1.807) is 0 Å². The molecule has 0 bridgehead atoms. The van der Waals surface area contributed by atoms with Gasteiger partial charge in [0.05, 0.1) is 6.33 Å². The summed E-state index contributed by atoms with van der Waals surface area (Å²) in [5.41, 5.74) is 1.78. The van der Waals surface area contributed by atoms with Crippen molar-refractivity contribution >= 4 is 5.91 Å². The van der Waals surface area contributed by atoms with Crippen molar-refractivity contribution in [2.24, 2.45) is 5.92 Å². The quantitative estimate of drug-likeness (QED) is 0.931. The number of nitrogens with one attached hydrogen (secondary N) is 1. The zero-order valence-corrected chi connectivity index (χ0v) is 13.7. The fourth-order valence-electron chi connectivity index (χ4n) is 3.29. The van der Waals surface area contributed by atoms with Crippen LogP contribution in [0.15, 0.2) is 24.5 Å². The summed E-state index contributed by atoms with van der Waals surface area (Å²) in [7, 11) is 0. The van der Waals surface area contributed by atoms with Crippen molar-refractivity contribution < 1.29 is 13.6 Å². The first-order valence-electron chi connectivity index (χ1n) is 8.27. The number of imidazole rings is 1. The fourth-order valence-corrected chi connectivity index (χ4v) is 3.29. The van der Waals surface area contributed by atoms with E-state index >= 15 is 0 Å². The van der Waals surface area contributed by atoms with Gasteiger partial charge in [0.2, 0.25) is 0 Å². The summed E-state index contributed by atoms with van der Waals surface area (Å²) < 4.78 is 26.7. The third-order valence-electron chi connectivity index (χ3n) is 4.68. The topological polar surface area (TPSA) is 49.0 Å². The Balaban J connectivity index is 1.59. The van der Waals surface area contributed by atoms with E-state index < -0.39 is 11.6 Å². The van der Waals surface area contributed by atoms with Gasteiger partial charge in [0, 0.05) is 24.8 Å². The van der Waals surface area contributed by atoms with Crippen LogP contribution in [0, 0.1) is 24.5 Å². The minimum atomic E-state index is -0.555. The van der Waals surface area contributed by atoms with Gasteiger partial charge in [0.25, 0.3) is 5.91 Å². The second-order valence-electron chi connectivity index (χ2n) is 6.41. The SMILES string of the molecule is Cc1[nH]cnc1C(=O)N1CCCC(CCc2ccc(F)cc2F)C1. The number of carbonyl (C=O) groups excluding carboxylic acids is 1. The van der Waals surface area contributed by atoms with Gasteiger partial charge in [-0.1, -0.05) is 6.07 Å². The van der Waals surface area contributed by atoms with Gasteiger partial charge in [-0.15, -0.1) is 0 Å². The largest absolute Gasteiger partial charge is 0.348 e. The Kier molecular flexibility index (Phi) is 4.92. The third kappa shape index (κ3) is 3.63. The van der Waals surface area contributed by atoms with Crippen molar-refractivity contribution in [2.45, 2.75) is 32.6 Å². The average molecular weight is 333 g/mol. The molecule has 24 heavy (non-hydrogen) atoms. The van der Waals surface area contributed by atoms with Gasteiger partial charge in [-0.3, -0.25) is 4.79 Å². The molecule has 6 heteroatoms. The summed E-state index contributed by atoms with van der Waals surface area (Å²) in [6, 6.07) is 3.71. The summed E-state index contributed by atoms with van der Waals surface area (Å²) in [6.07, 6.45) is 4.82. The minimum Gasteiger partial charge on any atom is -0.348 e. The van der Waals surface area contributed by atoms with E-state index in [2.05, 4.69) is 9.97 Å². The number of halogens is 2. The number of piperidine rings is 1. The molecule has 1 aromatic heterocycles. The fraction of sp³-hybridized carbons (Fsp3) is 0.444. The molecule has 0 aliphatic carbocycles. The molecule has 0 spiro atoms. The number of aromatic amines is 1. The smallest absolute Gasteiger partial charge is 0.274 e. The van der Waals surface area contributed by atoms with Crippen LogP contribution in [0.4, 0.5) is 8.78 Å². The number of amides is 1. The lowest BCUT2D eigenvalue weighted by Crippen LogP contribution is -2.40.